The second kappa shape index (κ2) is 6.80. The number of hydrogen-bond acceptors (Lipinski definition) is 6. The molecule has 0 spiro atoms. The highest BCUT2D eigenvalue weighted by Crippen LogP contribution is 2.39. The molecule has 0 bridgehead atoms. The molecule has 3 aromatic heterocycles. The van der Waals surface area contributed by atoms with Crippen LogP contribution in [0.2, 0.25) is 0 Å². The van der Waals surface area contributed by atoms with Gasteiger partial charge in [-0.1, -0.05) is 22.9 Å². The van der Waals surface area contributed by atoms with Gasteiger partial charge in [-0.05, 0) is 50.5 Å². The van der Waals surface area contributed by atoms with Crippen LogP contribution in [0.4, 0.5) is 5.69 Å². The zero-order valence-electron chi connectivity index (χ0n) is 16.2. The summed E-state index contributed by atoms with van der Waals surface area (Å²) in [6, 6.07) is 9.65. The van der Waals surface area contributed by atoms with Crippen molar-refractivity contribution in [2.75, 3.05) is 5.32 Å². The smallest absolute Gasteiger partial charge is 0.261 e. The van der Waals surface area contributed by atoms with Gasteiger partial charge in [0, 0.05) is 17.8 Å². The maximum absolute atomic E-state index is 12.6. The number of hydrogen-bond donors (Lipinski definition) is 1. The number of amides is 1. The van der Waals surface area contributed by atoms with Crippen LogP contribution in [0.15, 0.2) is 41.1 Å². The SMILES string of the molecule is Cc1ccc(NC(=O)Cc2nnc3c(-c4nc(C5CC5)no4)cccn23)c(C)c1. The van der Waals surface area contributed by atoms with Gasteiger partial charge < -0.3 is 9.84 Å². The van der Waals surface area contributed by atoms with Crippen LogP contribution in [-0.4, -0.2) is 30.6 Å². The molecule has 1 aliphatic rings. The van der Waals surface area contributed by atoms with Gasteiger partial charge in [0.05, 0.1) is 12.0 Å². The van der Waals surface area contributed by atoms with Crippen molar-refractivity contribution < 1.29 is 9.32 Å². The van der Waals surface area contributed by atoms with Crippen LogP contribution >= 0.6 is 0 Å². The van der Waals surface area contributed by atoms with Gasteiger partial charge >= 0.3 is 0 Å². The third-order valence-electron chi connectivity index (χ3n) is 5.09. The second-order valence-electron chi connectivity index (χ2n) is 7.51. The predicted molar refractivity (Wildman–Crippen MR) is 107 cm³/mol. The van der Waals surface area contributed by atoms with E-state index in [0.29, 0.717) is 28.8 Å². The van der Waals surface area contributed by atoms with Crippen LogP contribution < -0.4 is 5.32 Å². The predicted octanol–water partition coefficient (Wildman–Crippen LogP) is 3.45. The Morgan fingerprint density at radius 1 is 1.24 bits per heavy atom. The molecule has 0 radical (unpaired) electrons. The maximum Gasteiger partial charge on any atom is 0.261 e. The molecule has 1 amide bonds. The van der Waals surface area contributed by atoms with Crippen molar-refractivity contribution in [2.45, 2.75) is 39.0 Å². The molecule has 0 aliphatic heterocycles. The largest absolute Gasteiger partial charge is 0.334 e. The van der Waals surface area contributed by atoms with Gasteiger partial charge in [0.2, 0.25) is 5.91 Å². The normalized spacial score (nSPS) is 13.7. The molecule has 1 aliphatic carbocycles. The monoisotopic (exact) mass is 388 g/mol. The minimum absolute atomic E-state index is 0.106. The molecule has 0 atom stereocenters. The van der Waals surface area contributed by atoms with Gasteiger partial charge in [-0.3, -0.25) is 9.20 Å². The van der Waals surface area contributed by atoms with Crippen molar-refractivity contribution in [3.8, 4) is 11.5 Å². The van der Waals surface area contributed by atoms with Gasteiger partial charge in [0.15, 0.2) is 11.5 Å². The van der Waals surface area contributed by atoms with E-state index in [1.54, 1.807) is 4.40 Å². The Labute approximate surface area is 167 Å². The first-order chi connectivity index (χ1) is 14.1. The summed E-state index contributed by atoms with van der Waals surface area (Å²) in [4.78, 5) is 17.1. The fourth-order valence-corrected chi connectivity index (χ4v) is 3.39. The second-order valence-corrected chi connectivity index (χ2v) is 7.51. The zero-order chi connectivity index (χ0) is 20.0. The zero-order valence-corrected chi connectivity index (χ0v) is 16.2. The Hall–Kier alpha value is -3.55. The third kappa shape index (κ3) is 3.37. The number of pyridine rings is 1. The number of nitrogens with zero attached hydrogens (tertiary/aromatic N) is 5. The highest BCUT2D eigenvalue weighted by molar-refractivity contribution is 5.92. The van der Waals surface area contributed by atoms with Gasteiger partial charge in [0.25, 0.3) is 5.89 Å². The molecule has 0 saturated heterocycles. The Morgan fingerprint density at radius 3 is 2.90 bits per heavy atom. The van der Waals surface area contributed by atoms with Crippen molar-refractivity contribution in [2.24, 2.45) is 0 Å². The Bertz CT molecular complexity index is 1220. The van der Waals surface area contributed by atoms with Crippen LogP contribution in [0, 0.1) is 13.8 Å². The molecule has 0 unspecified atom stereocenters. The summed E-state index contributed by atoms with van der Waals surface area (Å²) in [6.07, 6.45) is 4.15. The van der Waals surface area contributed by atoms with Crippen molar-refractivity contribution in [1.29, 1.82) is 0 Å². The van der Waals surface area contributed by atoms with Gasteiger partial charge in [-0.2, -0.15) is 4.98 Å². The van der Waals surface area contributed by atoms with Crippen LogP contribution in [0.5, 0.6) is 0 Å². The average Bonchev–Trinajstić information content (AvgIpc) is 3.29. The maximum atomic E-state index is 12.6. The molecule has 1 N–H and O–H groups in total. The van der Waals surface area contributed by atoms with Crippen molar-refractivity contribution in [3.05, 3.63) is 59.3 Å². The number of rotatable bonds is 5. The summed E-state index contributed by atoms with van der Waals surface area (Å²) in [5.74, 6) is 1.98. The molecule has 3 heterocycles. The number of anilines is 1. The lowest BCUT2D eigenvalue weighted by atomic mass is 10.1. The first-order valence-electron chi connectivity index (χ1n) is 9.62. The number of aryl methyl sites for hydroxylation is 2. The van der Waals surface area contributed by atoms with Gasteiger partial charge in [0.1, 0.15) is 5.82 Å². The van der Waals surface area contributed by atoms with E-state index in [-0.39, 0.29) is 12.3 Å². The molecular weight excluding hydrogens is 368 g/mol. The highest BCUT2D eigenvalue weighted by atomic mass is 16.5. The fraction of sp³-hybridized carbons (Fsp3) is 0.286. The Balaban J connectivity index is 1.40. The van der Waals surface area contributed by atoms with Gasteiger partial charge in [-0.15, -0.1) is 10.2 Å². The van der Waals surface area contributed by atoms with E-state index >= 15 is 0 Å². The topological polar surface area (TPSA) is 98.2 Å². The first-order valence-corrected chi connectivity index (χ1v) is 9.62. The molecule has 146 valence electrons. The number of aromatic nitrogens is 5. The van der Waals surface area contributed by atoms with Crippen molar-refractivity contribution in [3.63, 3.8) is 0 Å². The number of nitrogens with one attached hydrogen (secondary N) is 1. The summed E-state index contributed by atoms with van der Waals surface area (Å²) < 4.78 is 7.22. The van der Waals surface area contributed by atoms with E-state index < -0.39 is 0 Å². The molecule has 5 rings (SSSR count). The number of carbonyl (C=O) groups excluding carboxylic acids is 1. The first kappa shape index (κ1) is 17.5. The molecule has 8 nitrogen and oxygen atoms in total. The quantitative estimate of drug-likeness (QED) is 0.562. The van der Waals surface area contributed by atoms with E-state index in [4.69, 9.17) is 4.52 Å². The summed E-state index contributed by atoms with van der Waals surface area (Å²) in [6.45, 7) is 4.00. The van der Waals surface area contributed by atoms with E-state index in [0.717, 1.165) is 35.5 Å². The summed E-state index contributed by atoms with van der Waals surface area (Å²) in [7, 11) is 0. The summed E-state index contributed by atoms with van der Waals surface area (Å²) >= 11 is 0. The lowest BCUT2D eigenvalue weighted by Crippen LogP contribution is -2.16. The molecule has 4 aromatic rings. The van der Waals surface area contributed by atoms with Crippen molar-refractivity contribution in [1.82, 2.24) is 24.7 Å². The highest BCUT2D eigenvalue weighted by Gasteiger charge is 2.29. The standard InChI is InChI=1S/C21H20N6O2/c1-12-5-8-16(13(2)10-12)22-18(28)11-17-24-25-20-15(4-3-9-27(17)20)21-23-19(26-29-21)14-6-7-14/h3-5,8-10,14H,6-7,11H2,1-2H3,(H,22,28). The average molecular weight is 388 g/mol. The fourth-order valence-electron chi connectivity index (χ4n) is 3.39. The van der Waals surface area contributed by atoms with Crippen LogP contribution in [0.1, 0.15) is 41.5 Å². The van der Waals surface area contributed by atoms with Gasteiger partial charge in [-0.25, -0.2) is 0 Å². The van der Waals surface area contributed by atoms with Crippen LogP contribution in [0.3, 0.4) is 0 Å². The molecule has 1 fully saturated rings. The lowest BCUT2D eigenvalue weighted by Gasteiger charge is -2.08. The summed E-state index contributed by atoms with van der Waals surface area (Å²) in [5.41, 5.74) is 4.28. The van der Waals surface area contributed by atoms with E-state index in [1.807, 2.05) is 50.4 Å². The molecule has 29 heavy (non-hydrogen) atoms. The summed E-state index contributed by atoms with van der Waals surface area (Å²) in [5, 5.41) is 15.5. The van der Waals surface area contributed by atoms with E-state index in [2.05, 4.69) is 25.7 Å². The third-order valence-corrected chi connectivity index (χ3v) is 5.09. The van der Waals surface area contributed by atoms with Crippen molar-refractivity contribution >= 4 is 17.2 Å². The Kier molecular flexibility index (Phi) is 4.12. The lowest BCUT2D eigenvalue weighted by molar-refractivity contribution is -0.115. The van der Waals surface area contributed by atoms with Crippen LogP contribution in [-0.2, 0) is 11.2 Å². The minimum Gasteiger partial charge on any atom is -0.334 e. The minimum atomic E-state index is -0.148. The number of fused-ring (bicyclic) bond motifs is 1. The Morgan fingerprint density at radius 2 is 2.10 bits per heavy atom. The molecule has 8 heteroatoms. The van der Waals surface area contributed by atoms with Crippen LogP contribution in [0.25, 0.3) is 17.1 Å². The number of carbonyl (C=O) groups is 1. The van der Waals surface area contributed by atoms with E-state index in [1.165, 1.54) is 0 Å². The molecule has 1 saturated carbocycles. The van der Waals surface area contributed by atoms with E-state index in [9.17, 15) is 4.79 Å². The number of benzene rings is 1. The molecular formula is C21H20N6O2. The molecule has 1 aromatic carbocycles.